The highest BCUT2D eigenvalue weighted by Crippen LogP contribution is 2.34. The molecule has 6 atom stereocenters. The van der Waals surface area contributed by atoms with Gasteiger partial charge in [0.15, 0.2) is 18.3 Å². The van der Waals surface area contributed by atoms with E-state index >= 15 is 0 Å². The lowest BCUT2D eigenvalue weighted by atomic mass is 9.99. The van der Waals surface area contributed by atoms with E-state index in [2.05, 4.69) is 5.32 Å². The molecule has 0 aromatic carbocycles. The second-order valence-electron chi connectivity index (χ2n) is 8.94. The number of aliphatic carboxylic acids is 1. The zero-order valence-corrected chi connectivity index (χ0v) is 22.4. The Bertz CT molecular complexity index is 871. The van der Waals surface area contributed by atoms with Crippen LogP contribution in [0, 0.1) is 0 Å². The zero-order chi connectivity index (χ0) is 28.5. The predicted molar refractivity (Wildman–Crippen MR) is 125 cm³/mol. The number of carbonyl (C=O) groups is 6. The topological polar surface area (TPSA) is 190 Å². The molecule has 1 saturated heterocycles. The van der Waals surface area contributed by atoms with Gasteiger partial charge in [0.25, 0.3) is 0 Å². The van der Waals surface area contributed by atoms with Crippen LogP contribution in [0.5, 0.6) is 0 Å². The van der Waals surface area contributed by atoms with Crippen LogP contribution >= 0.6 is 11.8 Å². The van der Waals surface area contributed by atoms with Crippen molar-refractivity contribution in [2.75, 3.05) is 12.4 Å². The summed E-state index contributed by atoms with van der Waals surface area (Å²) in [5.41, 5.74) is -2.07. The summed E-state index contributed by atoms with van der Waals surface area (Å²) in [7, 11) is 0. The summed E-state index contributed by atoms with van der Waals surface area (Å²) >= 11 is 0.811. The number of ether oxygens (including phenoxy) is 6. The van der Waals surface area contributed by atoms with Crippen molar-refractivity contribution in [3.63, 3.8) is 0 Å². The minimum Gasteiger partial charge on any atom is -0.480 e. The fourth-order valence-electron chi connectivity index (χ4n) is 3.14. The number of hydrogen-bond acceptors (Lipinski definition) is 13. The Morgan fingerprint density at radius 2 is 1.38 bits per heavy atom. The van der Waals surface area contributed by atoms with Crippen LogP contribution in [0.4, 0.5) is 4.79 Å². The molecule has 0 aliphatic carbocycles. The Morgan fingerprint density at radius 3 is 1.84 bits per heavy atom. The number of thioether (sulfide) groups is 1. The average molecular weight is 552 g/mol. The van der Waals surface area contributed by atoms with Crippen LogP contribution in [0.2, 0.25) is 0 Å². The first-order valence-electron chi connectivity index (χ1n) is 11.1. The van der Waals surface area contributed by atoms with Crippen LogP contribution in [-0.4, -0.2) is 94.9 Å². The van der Waals surface area contributed by atoms with Gasteiger partial charge in [0.05, 0.1) is 0 Å². The number of amides is 1. The molecule has 1 fully saturated rings. The Morgan fingerprint density at radius 1 is 0.865 bits per heavy atom. The monoisotopic (exact) mass is 551 g/mol. The number of carbonyl (C=O) groups excluding carboxylic acids is 5. The number of hydrogen-bond donors (Lipinski definition) is 2. The summed E-state index contributed by atoms with van der Waals surface area (Å²) in [5, 5.41) is 11.8. The van der Waals surface area contributed by atoms with E-state index in [1.54, 1.807) is 20.8 Å². The first-order chi connectivity index (χ1) is 17.0. The van der Waals surface area contributed by atoms with E-state index in [4.69, 9.17) is 28.4 Å². The van der Waals surface area contributed by atoms with Gasteiger partial charge in [-0.05, 0) is 20.8 Å². The Balaban J connectivity index is 3.27. The molecule has 1 aliphatic rings. The lowest BCUT2D eigenvalue weighted by Gasteiger charge is -2.44. The van der Waals surface area contributed by atoms with Crippen molar-refractivity contribution >= 4 is 47.7 Å². The smallest absolute Gasteiger partial charge is 0.408 e. The third-order valence-corrected chi connectivity index (χ3v) is 5.60. The van der Waals surface area contributed by atoms with Gasteiger partial charge in [0.1, 0.15) is 29.8 Å². The van der Waals surface area contributed by atoms with Gasteiger partial charge in [-0.3, -0.25) is 19.2 Å². The molecule has 1 aliphatic heterocycles. The molecule has 0 spiro atoms. The second kappa shape index (κ2) is 14.0. The van der Waals surface area contributed by atoms with E-state index in [9.17, 15) is 33.9 Å². The Kier molecular flexibility index (Phi) is 12.1. The summed E-state index contributed by atoms with van der Waals surface area (Å²) in [6, 6.07) is -1.45. The van der Waals surface area contributed by atoms with Crippen molar-refractivity contribution in [3.05, 3.63) is 0 Å². The van der Waals surface area contributed by atoms with Crippen molar-refractivity contribution in [1.29, 1.82) is 0 Å². The summed E-state index contributed by atoms with van der Waals surface area (Å²) in [4.78, 5) is 70.8. The van der Waals surface area contributed by atoms with Gasteiger partial charge in [-0.15, -0.1) is 11.8 Å². The Labute approximate surface area is 218 Å². The lowest BCUT2D eigenvalue weighted by molar-refractivity contribution is -0.237. The molecule has 14 nitrogen and oxygen atoms in total. The molecule has 1 heterocycles. The van der Waals surface area contributed by atoms with Crippen LogP contribution in [0.25, 0.3) is 0 Å². The van der Waals surface area contributed by atoms with Crippen LogP contribution in [0.1, 0.15) is 48.5 Å². The predicted octanol–water partition coefficient (Wildman–Crippen LogP) is 0.781. The largest absolute Gasteiger partial charge is 0.480 e. The Hall–Kier alpha value is -3.07. The van der Waals surface area contributed by atoms with Crippen LogP contribution in [-0.2, 0) is 52.4 Å². The van der Waals surface area contributed by atoms with Gasteiger partial charge in [-0.1, -0.05) is 0 Å². The molecule has 1 amide bonds. The number of carboxylic acids is 1. The van der Waals surface area contributed by atoms with Crippen molar-refractivity contribution in [1.82, 2.24) is 5.32 Å². The molecular weight excluding hydrogens is 518 g/mol. The highest BCUT2D eigenvalue weighted by molar-refractivity contribution is 7.99. The van der Waals surface area contributed by atoms with Crippen LogP contribution in [0.15, 0.2) is 0 Å². The molecule has 0 radical (unpaired) electrons. The second-order valence-corrected chi connectivity index (χ2v) is 10.1. The average Bonchev–Trinajstić information content (AvgIpc) is 2.70. The highest BCUT2D eigenvalue weighted by Gasteiger charge is 2.52. The summed E-state index contributed by atoms with van der Waals surface area (Å²) in [5.74, 6) is -4.73. The maximum absolute atomic E-state index is 12.1. The van der Waals surface area contributed by atoms with Crippen molar-refractivity contribution in [2.45, 2.75) is 90.0 Å². The van der Waals surface area contributed by atoms with Crippen LogP contribution in [0.3, 0.4) is 0 Å². The van der Waals surface area contributed by atoms with Gasteiger partial charge in [0.2, 0.25) is 0 Å². The normalized spacial score (nSPS) is 24.1. The zero-order valence-electron chi connectivity index (χ0n) is 21.6. The van der Waals surface area contributed by atoms with E-state index in [0.29, 0.717) is 0 Å². The van der Waals surface area contributed by atoms with Crippen molar-refractivity contribution < 1.29 is 62.3 Å². The number of nitrogens with one attached hydrogen (secondary N) is 1. The van der Waals surface area contributed by atoms with Gasteiger partial charge in [0, 0.05) is 33.4 Å². The summed E-state index contributed by atoms with van der Waals surface area (Å²) < 4.78 is 31.9. The lowest BCUT2D eigenvalue weighted by Crippen LogP contribution is -2.61. The first kappa shape index (κ1) is 32.0. The van der Waals surface area contributed by atoms with Crippen LogP contribution < -0.4 is 5.32 Å². The van der Waals surface area contributed by atoms with Gasteiger partial charge >= 0.3 is 35.9 Å². The first-order valence-corrected chi connectivity index (χ1v) is 12.2. The molecule has 1 rings (SSSR count). The highest BCUT2D eigenvalue weighted by atomic mass is 32.2. The summed E-state index contributed by atoms with van der Waals surface area (Å²) in [6.07, 6.45) is -6.23. The third-order valence-electron chi connectivity index (χ3n) is 4.36. The molecule has 0 unspecified atom stereocenters. The molecule has 0 aromatic heterocycles. The van der Waals surface area contributed by atoms with E-state index < -0.39 is 84.0 Å². The molecule has 0 saturated carbocycles. The fourth-order valence-corrected chi connectivity index (χ4v) is 4.37. The van der Waals surface area contributed by atoms with Crippen molar-refractivity contribution in [2.24, 2.45) is 0 Å². The molecule has 37 heavy (non-hydrogen) atoms. The maximum Gasteiger partial charge on any atom is 0.408 e. The minimum absolute atomic E-state index is 0.303. The van der Waals surface area contributed by atoms with E-state index in [1.165, 1.54) is 0 Å². The molecular formula is C22H33NO13S. The minimum atomic E-state index is -1.45. The molecule has 2 N–H and O–H groups in total. The van der Waals surface area contributed by atoms with E-state index in [-0.39, 0.29) is 5.75 Å². The van der Waals surface area contributed by atoms with Gasteiger partial charge in [-0.2, -0.15) is 0 Å². The number of rotatable bonds is 10. The molecule has 210 valence electrons. The number of carboxylic acid groups (broad SMARTS) is 1. The fraction of sp³-hybridized carbons (Fsp3) is 0.727. The number of alkyl carbamates (subject to hydrolysis) is 1. The van der Waals surface area contributed by atoms with Gasteiger partial charge < -0.3 is 38.8 Å². The standard InChI is InChI=1S/C22H33NO13S/c1-10(24)31-8-15-16(32-11(2)25)17(33-12(3)26)18(34-13(4)27)20(35-15)37-9-14(19(28)29)23-21(30)36-22(5,6)7/h14-18,20H,8-9H2,1-7H3,(H,23,30)(H,28,29)/t14-,15+,16-,17-,18+,20+/m0/s1. The van der Waals surface area contributed by atoms with E-state index in [0.717, 1.165) is 39.5 Å². The molecule has 15 heteroatoms. The number of esters is 4. The van der Waals surface area contributed by atoms with Gasteiger partial charge in [-0.25, -0.2) is 9.59 Å². The van der Waals surface area contributed by atoms with E-state index in [1.807, 2.05) is 0 Å². The SMILES string of the molecule is CC(=O)OC[C@H]1O[C@H](SC[C@H](NC(=O)OC(C)(C)C)C(=O)O)[C@H](OC(C)=O)[C@@H](OC(C)=O)[C@H]1OC(C)=O. The molecule has 0 aromatic rings. The maximum atomic E-state index is 12.1. The molecule has 0 bridgehead atoms. The quantitative estimate of drug-likeness (QED) is 0.286. The third kappa shape index (κ3) is 11.7. The van der Waals surface area contributed by atoms with Crippen molar-refractivity contribution in [3.8, 4) is 0 Å². The summed E-state index contributed by atoms with van der Waals surface area (Å²) in [6.45, 7) is 8.80.